The third kappa shape index (κ3) is 63.3. The fourth-order valence-electron chi connectivity index (χ4n) is 9.63. The predicted octanol–water partition coefficient (Wildman–Crippen LogP) is 21.3. The molecule has 0 aliphatic rings. The van der Waals surface area contributed by atoms with Crippen molar-refractivity contribution >= 4 is 19.7 Å². The molecule has 0 radical (unpaired) electrons. The maximum atomic E-state index is 13.6. The zero-order chi connectivity index (χ0) is 60.7. The van der Waals surface area contributed by atoms with Gasteiger partial charge in [0.05, 0.1) is 33.8 Å². The number of carbonyl (C=O) groups excluding carboxylic acids is 2. The summed E-state index contributed by atoms with van der Waals surface area (Å²) in [5.74, 6) is -0.555. The number of nitrogens with zero attached hydrogens (tertiary/aromatic N) is 1. The van der Waals surface area contributed by atoms with Gasteiger partial charge in [-0.25, -0.2) is 0 Å². The fraction of sp³-hybridized carbons (Fsp3) is 0.753. The number of amides is 1. The maximum Gasteiger partial charge on any atom is 0.306 e. The van der Waals surface area contributed by atoms with Crippen LogP contribution in [-0.2, 0) is 27.9 Å². The number of ether oxygens (including phenoxy) is 1. The number of rotatable bonds is 62. The molecule has 1 amide bonds. The number of quaternary nitrogens is 1. The van der Waals surface area contributed by atoms with Gasteiger partial charge in [0.2, 0.25) is 5.91 Å². The second-order valence-electron chi connectivity index (χ2n) is 24.3. The third-order valence-electron chi connectivity index (χ3n) is 15.0. The topological polar surface area (TPSA) is 114 Å². The number of unbranched alkanes of at least 4 members (excludes halogenated alkanes) is 32. The molecule has 83 heavy (non-hydrogen) atoms. The summed E-state index contributed by atoms with van der Waals surface area (Å²) in [5.41, 5.74) is 0. The van der Waals surface area contributed by atoms with Crippen LogP contribution in [0.4, 0.5) is 0 Å². The Hall–Kier alpha value is -3.07. The first-order chi connectivity index (χ1) is 40.4. The van der Waals surface area contributed by atoms with E-state index >= 15 is 0 Å². The highest BCUT2D eigenvalue weighted by molar-refractivity contribution is 7.45. The van der Waals surface area contributed by atoms with Gasteiger partial charge in [0.1, 0.15) is 19.3 Å². The number of hydrogen-bond acceptors (Lipinski definition) is 7. The van der Waals surface area contributed by atoms with E-state index < -0.39 is 26.6 Å². The van der Waals surface area contributed by atoms with E-state index in [-0.39, 0.29) is 24.9 Å². The van der Waals surface area contributed by atoms with E-state index in [9.17, 15) is 19.0 Å². The van der Waals surface area contributed by atoms with Gasteiger partial charge in [-0.1, -0.05) is 272 Å². The summed E-state index contributed by atoms with van der Waals surface area (Å²) in [6, 6.07) is -0.901. The molecule has 0 aromatic heterocycles. The monoisotopic (exact) mass is 1180 g/mol. The number of allylic oxidation sites excluding steroid dienone is 15. The van der Waals surface area contributed by atoms with Gasteiger partial charge in [0.15, 0.2) is 0 Å². The van der Waals surface area contributed by atoms with Crippen LogP contribution in [0, 0.1) is 0 Å². The average molecular weight is 1180 g/mol. The maximum absolute atomic E-state index is 13.6. The number of carbonyl (C=O) groups is 2. The molecule has 0 rings (SSSR count). The third-order valence-corrected chi connectivity index (χ3v) is 16.0. The molecule has 0 aliphatic carbocycles. The largest absolute Gasteiger partial charge is 0.756 e. The normalized spacial score (nSPS) is 14.2. The van der Waals surface area contributed by atoms with Gasteiger partial charge in [-0.3, -0.25) is 14.2 Å². The number of nitrogens with one attached hydrogen (secondary N) is 1. The molecule has 1 N–H and O–H groups in total. The van der Waals surface area contributed by atoms with Gasteiger partial charge in [-0.2, -0.15) is 0 Å². The standard InChI is InChI=1S/C73H131N2O7P/c1-7-10-13-16-19-22-25-27-29-31-33-35-36-37-38-40-42-44-46-48-51-54-57-60-63-66-73(77)82-71(64-61-58-55-52-49-24-21-18-15-12-9-3)70(69-81-83(78,79)80-68-67-75(4,5)6)74-72(76)65-62-59-56-53-50-47-45-43-41-39-34-32-30-28-26-23-20-17-14-11-8-2/h19-20,22-23,27-30,33-35,37-39,61,64,70-71H,7-18,21,24-26,31-32,36,40-60,62-63,65-69H2,1-6H3,(H-,74,76,78,79)/b22-19-,23-20-,29-27-,30-28-,35-33-,38-37-,39-34-,64-61+. The van der Waals surface area contributed by atoms with Crippen LogP contribution in [0.15, 0.2) is 97.2 Å². The fourth-order valence-corrected chi connectivity index (χ4v) is 10.4. The predicted molar refractivity (Wildman–Crippen MR) is 358 cm³/mol. The lowest BCUT2D eigenvalue weighted by molar-refractivity contribution is -0.870. The molecule has 0 aromatic rings. The Morgan fingerprint density at radius 1 is 0.422 bits per heavy atom. The van der Waals surface area contributed by atoms with Crippen molar-refractivity contribution in [2.75, 3.05) is 40.9 Å². The van der Waals surface area contributed by atoms with Gasteiger partial charge in [-0.15, -0.1) is 0 Å². The zero-order valence-electron chi connectivity index (χ0n) is 54.9. The van der Waals surface area contributed by atoms with E-state index in [2.05, 4.69) is 111 Å². The van der Waals surface area contributed by atoms with Gasteiger partial charge in [-0.05, 0) is 115 Å². The molecular weight excluding hydrogens is 1050 g/mol. The highest BCUT2D eigenvalue weighted by atomic mass is 31.2. The smallest absolute Gasteiger partial charge is 0.306 e. The summed E-state index contributed by atoms with van der Waals surface area (Å²) < 4.78 is 30.4. The van der Waals surface area contributed by atoms with Crippen molar-refractivity contribution in [3.63, 3.8) is 0 Å². The summed E-state index contributed by atoms with van der Waals surface area (Å²) in [4.78, 5) is 40.1. The number of phosphoric acid groups is 1. The van der Waals surface area contributed by atoms with Gasteiger partial charge in [0, 0.05) is 12.8 Å². The van der Waals surface area contributed by atoms with Gasteiger partial charge < -0.3 is 28.5 Å². The molecular formula is C73H131N2O7P. The van der Waals surface area contributed by atoms with Crippen molar-refractivity contribution in [2.24, 2.45) is 0 Å². The average Bonchev–Trinajstić information content (AvgIpc) is 3.51. The quantitative estimate of drug-likeness (QED) is 0.0212. The lowest BCUT2D eigenvalue weighted by atomic mass is 10.0. The minimum Gasteiger partial charge on any atom is -0.756 e. The molecule has 3 unspecified atom stereocenters. The summed E-state index contributed by atoms with van der Waals surface area (Å²) in [7, 11) is 1.17. The van der Waals surface area contributed by atoms with Gasteiger partial charge >= 0.3 is 5.97 Å². The summed E-state index contributed by atoms with van der Waals surface area (Å²) >= 11 is 0. The van der Waals surface area contributed by atoms with Crippen LogP contribution >= 0.6 is 7.82 Å². The van der Waals surface area contributed by atoms with Crippen molar-refractivity contribution < 1.29 is 37.3 Å². The minimum atomic E-state index is -4.71. The van der Waals surface area contributed by atoms with E-state index in [4.69, 9.17) is 13.8 Å². The van der Waals surface area contributed by atoms with E-state index in [1.54, 1.807) is 0 Å². The van der Waals surface area contributed by atoms with Crippen molar-refractivity contribution in [3.8, 4) is 0 Å². The lowest BCUT2D eigenvalue weighted by Gasteiger charge is -2.30. The van der Waals surface area contributed by atoms with Crippen LogP contribution in [0.5, 0.6) is 0 Å². The lowest BCUT2D eigenvalue weighted by Crippen LogP contribution is -2.47. The van der Waals surface area contributed by atoms with E-state index in [0.29, 0.717) is 17.4 Å². The first kappa shape index (κ1) is 79.9. The highest BCUT2D eigenvalue weighted by Crippen LogP contribution is 2.38. The molecule has 0 aliphatic heterocycles. The Balaban J connectivity index is 5.10. The molecule has 0 spiro atoms. The van der Waals surface area contributed by atoms with Crippen molar-refractivity contribution in [3.05, 3.63) is 97.2 Å². The number of phosphoric ester groups is 1. The van der Waals surface area contributed by atoms with Crippen LogP contribution in [0.3, 0.4) is 0 Å². The summed E-state index contributed by atoms with van der Waals surface area (Å²) in [6.45, 7) is 6.79. The molecule has 10 heteroatoms. The molecule has 0 saturated heterocycles. The molecule has 0 bridgehead atoms. The van der Waals surface area contributed by atoms with E-state index in [1.165, 1.54) is 154 Å². The van der Waals surface area contributed by atoms with Crippen LogP contribution in [0.1, 0.15) is 303 Å². The molecule has 9 nitrogen and oxygen atoms in total. The molecule has 0 saturated carbocycles. The highest BCUT2D eigenvalue weighted by Gasteiger charge is 2.27. The molecule has 3 atom stereocenters. The molecule has 0 heterocycles. The molecule has 0 fully saturated rings. The SMILES string of the molecule is CCCCC/C=C\C/C=C\C/C=C\C/C=C\CCCCCCCCCCCC(=O)OC(/C=C/CCCCCCCCCCC)C(COP(=O)([O-])OCC[N+](C)(C)C)NC(=O)CCCCCCCCCC/C=C\C/C=C\C/C=C\CCCCC. The second-order valence-corrected chi connectivity index (χ2v) is 25.7. The Bertz CT molecular complexity index is 1740. The van der Waals surface area contributed by atoms with Crippen molar-refractivity contribution in [2.45, 2.75) is 315 Å². The first-order valence-corrected chi connectivity index (χ1v) is 36.0. The Morgan fingerprint density at radius 3 is 1.12 bits per heavy atom. The van der Waals surface area contributed by atoms with E-state index in [0.717, 1.165) is 116 Å². The van der Waals surface area contributed by atoms with Crippen LogP contribution < -0.4 is 10.2 Å². The summed E-state index contributed by atoms with van der Waals surface area (Å²) in [5, 5.41) is 3.03. The van der Waals surface area contributed by atoms with Crippen molar-refractivity contribution in [1.29, 1.82) is 0 Å². The number of hydrogen-bond donors (Lipinski definition) is 1. The van der Waals surface area contributed by atoms with Crippen LogP contribution in [0.2, 0.25) is 0 Å². The minimum absolute atomic E-state index is 0.0288. The van der Waals surface area contributed by atoms with Gasteiger partial charge in [0.25, 0.3) is 7.82 Å². The van der Waals surface area contributed by atoms with E-state index in [1.807, 2.05) is 33.3 Å². The van der Waals surface area contributed by atoms with Crippen molar-refractivity contribution in [1.82, 2.24) is 5.32 Å². The second kappa shape index (κ2) is 62.0. The van der Waals surface area contributed by atoms with Crippen LogP contribution in [0.25, 0.3) is 0 Å². The Morgan fingerprint density at radius 2 is 0.735 bits per heavy atom. The zero-order valence-corrected chi connectivity index (χ0v) is 55.8. The number of likely N-dealkylation sites (N-methyl/N-ethyl adjacent to an activating group) is 1. The Labute approximate surface area is 513 Å². The number of esters is 1. The molecule has 480 valence electrons. The van der Waals surface area contributed by atoms with Crippen LogP contribution in [-0.4, -0.2) is 69.4 Å². The first-order valence-electron chi connectivity index (χ1n) is 34.5. The molecule has 0 aromatic carbocycles. The summed E-state index contributed by atoms with van der Waals surface area (Å²) in [6.07, 6.45) is 83.8. The Kier molecular flexibility index (Phi) is 59.7.